The van der Waals surface area contributed by atoms with Crippen LogP contribution in [0, 0.1) is 11.6 Å². The van der Waals surface area contributed by atoms with E-state index in [1.54, 1.807) is 0 Å². The van der Waals surface area contributed by atoms with E-state index in [1.807, 2.05) is 31.2 Å². The lowest BCUT2D eigenvalue weighted by molar-refractivity contribution is -0.121. The van der Waals surface area contributed by atoms with Crippen molar-refractivity contribution < 1.29 is 26.7 Å². The summed E-state index contributed by atoms with van der Waals surface area (Å²) in [6.45, 7) is 2.72. The summed E-state index contributed by atoms with van der Waals surface area (Å²) in [6.07, 6.45) is 1.28. The highest BCUT2D eigenvalue weighted by Gasteiger charge is 2.19. The van der Waals surface area contributed by atoms with Gasteiger partial charge in [-0.2, -0.15) is 0 Å². The van der Waals surface area contributed by atoms with Gasteiger partial charge in [0.2, 0.25) is 15.9 Å². The molecule has 2 aromatic rings. The third-order valence-corrected chi connectivity index (χ3v) is 5.25. The molecule has 0 heterocycles. The fourth-order valence-electron chi connectivity index (χ4n) is 2.71. The predicted molar refractivity (Wildman–Crippen MR) is 107 cm³/mol. The molecule has 0 unspecified atom stereocenters. The second kappa shape index (κ2) is 10.2. The molecule has 0 atom stereocenters. The number of nitrogens with zero attached hydrogens (tertiary/aromatic N) is 1. The van der Waals surface area contributed by atoms with Crippen LogP contribution in [0.5, 0.6) is 5.75 Å². The number of nitrogens with one attached hydrogen (secondary N) is 1. The summed E-state index contributed by atoms with van der Waals surface area (Å²) in [6, 6.07) is 10.2. The highest BCUT2D eigenvalue weighted by molar-refractivity contribution is 7.92. The van der Waals surface area contributed by atoms with E-state index in [4.69, 9.17) is 4.74 Å². The van der Waals surface area contributed by atoms with Crippen LogP contribution in [-0.2, 0) is 21.4 Å². The van der Waals surface area contributed by atoms with Crippen LogP contribution in [-0.4, -0.2) is 33.7 Å². The Morgan fingerprint density at radius 2 is 1.90 bits per heavy atom. The van der Waals surface area contributed by atoms with Crippen molar-refractivity contribution in [1.29, 1.82) is 0 Å². The summed E-state index contributed by atoms with van der Waals surface area (Å²) < 4.78 is 56.9. The molecule has 6 nitrogen and oxygen atoms in total. The summed E-state index contributed by atoms with van der Waals surface area (Å²) in [7, 11) is -3.71. The summed E-state index contributed by atoms with van der Waals surface area (Å²) in [5, 5.41) is 2.77. The molecule has 0 bridgehead atoms. The Kier molecular flexibility index (Phi) is 7.95. The number of halogens is 2. The smallest absolute Gasteiger partial charge is 0.232 e. The van der Waals surface area contributed by atoms with Crippen LogP contribution in [0.3, 0.4) is 0 Å². The van der Waals surface area contributed by atoms with Gasteiger partial charge < -0.3 is 10.1 Å². The van der Waals surface area contributed by atoms with Gasteiger partial charge in [-0.25, -0.2) is 17.2 Å². The monoisotopic (exact) mass is 426 g/mol. The second-order valence-electron chi connectivity index (χ2n) is 6.39. The molecule has 0 fully saturated rings. The fourth-order valence-corrected chi connectivity index (χ4v) is 3.67. The van der Waals surface area contributed by atoms with Crippen molar-refractivity contribution in [2.45, 2.75) is 26.3 Å². The Hall–Kier alpha value is -2.68. The molecule has 0 aliphatic rings. The summed E-state index contributed by atoms with van der Waals surface area (Å²) >= 11 is 0. The lowest BCUT2D eigenvalue weighted by Gasteiger charge is -2.22. The topological polar surface area (TPSA) is 75.7 Å². The summed E-state index contributed by atoms with van der Waals surface area (Å²) in [4.78, 5) is 12.1. The van der Waals surface area contributed by atoms with Crippen molar-refractivity contribution in [3.8, 4) is 5.75 Å². The van der Waals surface area contributed by atoms with Crippen LogP contribution < -0.4 is 14.4 Å². The lowest BCUT2D eigenvalue weighted by Crippen LogP contribution is -2.32. The molecule has 0 radical (unpaired) electrons. The number of amides is 1. The number of hydrogen-bond donors (Lipinski definition) is 1. The van der Waals surface area contributed by atoms with Crippen molar-refractivity contribution >= 4 is 21.6 Å². The molecule has 2 aromatic carbocycles. The quantitative estimate of drug-likeness (QED) is 0.633. The third-order valence-electron chi connectivity index (χ3n) is 4.06. The first-order valence-corrected chi connectivity index (χ1v) is 11.0. The molecule has 2 rings (SSSR count). The maximum atomic E-state index is 13.4. The molecule has 9 heteroatoms. The molecule has 0 saturated heterocycles. The van der Waals surface area contributed by atoms with Gasteiger partial charge in [-0.15, -0.1) is 0 Å². The van der Waals surface area contributed by atoms with E-state index >= 15 is 0 Å². The van der Waals surface area contributed by atoms with Crippen LogP contribution in [0.15, 0.2) is 42.5 Å². The minimum Gasteiger partial charge on any atom is -0.494 e. The van der Waals surface area contributed by atoms with Gasteiger partial charge in [-0.1, -0.05) is 12.1 Å². The number of benzene rings is 2. The highest BCUT2D eigenvalue weighted by Crippen LogP contribution is 2.21. The van der Waals surface area contributed by atoms with Gasteiger partial charge in [0.1, 0.15) is 5.75 Å². The van der Waals surface area contributed by atoms with Crippen molar-refractivity contribution in [2.24, 2.45) is 0 Å². The van der Waals surface area contributed by atoms with Crippen molar-refractivity contribution in [2.75, 3.05) is 23.7 Å². The number of rotatable bonds is 10. The number of ether oxygens (including phenoxy) is 1. The third kappa shape index (κ3) is 7.01. The Morgan fingerprint density at radius 1 is 1.14 bits per heavy atom. The minimum absolute atomic E-state index is 0.0135. The molecule has 1 amide bonds. The van der Waals surface area contributed by atoms with Gasteiger partial charge in [0.15, 0.2) is 11.6 Å². The first-order chi connectivity index (χ1) is 13.7. The van der Waals surface area contributed by atoms with E-state index < -0.39 is 21.7 Å². The molecule has 0 aliphatic heterocycles. The van der Waals surface area contributed by atoms with Crippen LogP contribution in [0.2, 0.25) is 0 Å². The Balaban J connectivity index is 1.89. The Labute approximate surface area is 169 Å². The van der Waals surface area contributed by atoms with Gasteiger partial charge in [-0.3, -0.25) is 9.10 Å². The maximum absolute atomic E-state index is 13.4. The van der Waals surface area contributed by atoms with Crippen LogP contribution in [0.25, 0.3) is 0 Å². The van der Waals surface area contributed by atoms with E-state index in [0.717, 1.165) is 34.0 Å². The predicted octanol–water partition coefficient (Wildman–Crippen LogP) is 3.23. The number of carbonyl (C=O) groups excluding carboxylic acids is 1. The van der Waals surface area contributed by atoms with Crippen LogP contribution in [0.4, 0.5) is 14.5 Å². The zero-order chi connectivity index (χ0) is 21.4. The van der Waals surface area contributed by atoms with E-state index in [0.29, 0.717) is 13.2 Å². The SMILES string of the molecule is CCOc1cccc(CNC(=O)CCCN(c2ccc(F)c(F)c2)S(C)(=O)=O)c1. The van der Waals surface area contributed by atoms with Gasteiger partial charge in [-0.05, 0) is 43.2 Å². The molecule has 1 N–H and O–H groups in total. The molecular weight excluding hydrogens is 402 g/mol. The average molecular weight is 426 g/mol. The van der Waals surface area contributed by atoms with E-state index in [9.17, 15) is 22.0 Å². The van der Waals surface area contributed by atoms with Gasteiger partial charge in [0.25, 0.3) is 0 Å². The maximum Gasteiger partial charge on any atom is 0.232 e. The van der Waals surface area contributed by atoms with Gasteiger partial charge >= 0.3 is 0 Å². The van der Waals surface area contributed by atoms with E-state index in [-0.39, 0.29) is 31.0 Å². The zero-order valence-electron chi connectivity index (χ0n) is 16.3. The average Bonchev–Trinajstić information content (AvgIpc) is 2.65. The number of carbonyl (C=O) groups is 1. The molecule has 29 heavy (non-hydrogen) atoms. The van der Waals surface area contributed by atoms with E-state index in [1.165, 1.54) is 6.07 Å². The number of sulfonamides is 1. The second-order valence-corrected chi connectivity index (χ2v) is 8.30. The Bertz CT molecular complexity index is 951. The van der Waals surface area contributed by atoms with Crippen LogP contribution in [0.1, 0.15) is 25.3 Å². The van der Waals surface area contributed by atoms with Crippen molar-refractivity contribution in [3.63, 3.8) is 0 Å². The Morgan fingerprint density at radius 3 is 2.55 bits per heavy atom. The molecule has 158 valence electrons. The standard InChI is InChI=1S/C20H24F2N2O4S/c1-3-28-17-7-4-6-15(12-17)14-23-20(25)8-5-11-24(29(2,26)27)16-9-10-18(21)19(22)13-16/h4,6-7,9-10,12-13H,3,5,8,11,14H2,1-2H3,(H,23,25). The van der Waals surface area contributed by atoms with Crippen molar-refractivity contribution in [1.82, 2.24) is 5.32 Å². The molecule has 0 saturated carbocycles. The lowest BCUT2D eigenvalue weighted by atomic mass is 10.2. The summed E-state index contributed by atoms with van der Waals surface area (Å²) in [5.41, 5.74) is 0.892. The fraction of sp³-hybridized carbons (Fsp3) is 0.350. The first-order valence-electron chi connectivity index (χ1n) is 9.12. The zero-order valence-corrected chi connectivity index (χ0v) is 17.1. The van der Waals surface area contributed by atoms with Crippen molar-refractivity contribution in [3.05, 3.63) is 59.7 Å². The van der Waals surface area contributed by atoms with E-state index in [2.05, 4.69) is 5.32 Å². The highest BCUT2D eigenvalue weighted by atomic mass is 32.2. The van der Waals surface area contributed by atoms with Gasteiger partial charge in [0, 0.05) is 25.6 Å². The molecule has 0 aromatic heterocycles. The minimum atomic E-state index is -3.71. The molecular formula is C20H24F2N2O4S. The van der Waals surface area contributed by atoms with Crippen LogP contribution >= 0.6 is 0 Å². The summed E-state index contributed by atoms with van der Waals surface area (Å²) in [5.74, 6) is -1.72. The molecule has 0 spiro atoms. The number of anilines is 1. The first kappa shape index (κ1) is 22.6. The number of hydrogen-bond acceptors (Lipinski definition) is 4. The molecule has 0 aliphatic carbocycles. The largest absolute Gasteiger partial charge is 0.494 e. The van der Waals surface area contributed by atoms with Gasteiger partial charge in [0.05, 0.1) is 18.6 Å². The normalized spacial score (nSPS) is 11.2.